The van der Waals surface area contributed by atoms with Crippen molar-refractivity contribution in [2.24, 2.45) is 4.99 Å². The lowest BCUT2D eigenvalue weighted by Gasteiger charge is -2.31. The number of ether oxygens (including phenoxy) is 1. The van der Waals surface area contributed by atoms with Gasteiger partial charge in [0.2, 0.25) is 0 Å². The summed E-state index contributed by atoms with van der Waals surface area (Å²) < 4.78 is 22.2. The largest absolute Gasteiger partial charge is 0.496 e. The van der Waals surface area contributed by atoms with Gasteiger partial charge < -0.3 is 10.1 Å². The predicted molar refractivity (Wildman–Crippen MR) is 103 cm³/mol. The Morgan fingerprint density at radius 1 is 1.46 bits per heavy atom. The van der Waals surface area contributed by atoms with E-state index in [2.05, 4.69) is 15.4 Å². The van der Waals surface area contributed by atoms with Crippen molar-refractivity contribution >= 4 is 23.6 Å². The Morgan fingerprint density at radius 2 is 2.15 bits per heavy atom. The number of aryl methyl sites for hydroxylation is 1. The van der Waals surface area contributed by atoms with Crippen molar-refractivity contribution in [2.45, 2.75) is 39.7 Å². The molecule has 1 aliphatic rings. The van der Waals surface area contributed by atoms with Crippen molar-refractivity contribution in [2.75, 3.05) is 20.2 Å². The summed E-state index contributed by atoms with van der Waals surface area (Å²) in [5, 5.41) is 7.92. The minimum Gasteiger partial charge on any atom is -0.496 e. The molecule has 7 heteroatoms. The van der Waals surface area contributed by atoms with E-state index in [0.717, 1.165) is 22.6 Å². The average molecular weight is 379 g/mol. The average Bonchev–Trinajstić information content (AvgIpc) is 2.85. The summed E-state index contributed by atoms with van der Waals surface area (Å²) in [5.41, 5.74) is 3.27. The van der Waals surface area contributed by atoms with Crippen LogP contribution in [0.3, 0.4) is 0 Å². The molecule has 1 N–H and O–H groups in total. The number of methoxy groups -OCH3 is 1. The van der Waals surface area contributed by atoms with Gasteiger partial charge in [0, 0.05) is 41.9 Å². The van der Waals surface area contributed by atoms with E-state index >= 15 is 0 Å². The third-order valence-corrected chi connectivity index (χ3v) is 5.33. The summed E-state index contributed by atoms with van der Waals surface area (Å²) in [5.74, 6) is 0.990. The van der Waals surface area contributed by atoms with E-state index in [1.165, 1.54) is 0 Å². The number of nitrogens with one attached hydrogen (secondary N) is 1. The van der Waals surface area contributed by atoms with Crippen LogP contribution < -0.4 is 10.1 Å². The third-order valence-electron chi connectivity index (χ3n) is 5.05. The lowest BCUT2D eigenvalue weighted by Crippen LogP contribution is -2.40. The van der Waals surface area contributed by atoms with Crippen molar-refractivity contribution < 1.29 is 9.13 Å². The first-order chi connectivity index (χ1) is 12.4. The van der Waals surface area contributed by atoms with Gasteiger partial charge in [-0.1, -0.05) is 11.6 Å². The summed E-state index contributed by atoms with van der Waals surface area (Å²) >= 11 is 6.23. The van der Waals surface area contributed by atoms with E-state index in [4.69, 9.17) is 16.3 Å². The molecule has 2 heterocycles. The molecule has 2 aromatic rings. The molecule has 26 heavy (non-hydrogen) atoms. The zero-order valence-electron chi connectivity index (χ0n) is 15.7. The molecular weight excluding hydrogens is 355 g/mol. The smallest absolute Gasteiger partial charge is 0.153 e. The van der Waals surface area contributed by atoms with Gasteiger partial charge >= 0.3 is 0 Å². The number of halogens is 2. The van der Waals surface area contributed by atoms with E-state index in [1.54, 1.807) is 19.4 Å². The second-order valence-corrected chi connectivity index (χ2v) is 7.01. The van der Waals surface area contributed by atoms with E-state index in [-0.39, 0.29) is 17.0 Å². The Bertz CT molecular complexity index is 858. The summed E-state index contributed by atoms with van der Waals surface area (Å²) in [7, 11) is 1.57. The highest BCUT2D eigenvalue weighted by molar-refractivity contribution is 6.31. The first-order valence-electron chi connectivity index (χ1n) is 8.71. The molecule has 1 fully saturated rings. The molecule has 1 aromatic heterocycles. The topological polar surface area (TPSA) is 51.4 Å². The minimum atomic E-state index is -0.398. The van der Waals surface area contributed by atoms with E-state index < -0.39 is 5.82 Å². The fourth-order valence-corrected chi connectivity index (χ4v) is 3.56. The molecule has 5 nitrogen and oxygen atoms in total. The summed E-state index contributed by atoms with van der Waals surface area (Å²) in [6.45, 7) is 9.24. The van der Waals surface area contributed by atoms with E-state index in [1.807, 2.05) is 32.4 Å². The maximum Gasteiger partial charge on any atom is 0.153 e. The van der Waals surface area contributed by atoms with E-state index in [9.17, 15) is 4.39 Å². The number of benzene rings is 1. The molecule has 0 spiro atoms. The number of nitrogens with zero attached hydrogens (tertiary/aromatic N) is 3. The molecule has 0 aliphatic carbocycles. The first-order valence-corrected chi connectivity index (χ1v) is 9.09. The van der Waals surface area contributed by atoms with Crippen molar-refractivity contribution in [3.05, 3.63) is 39.3 Å². The fraction of sp³-hybridized carbons (Fsp3) is 0.474. The van der Waals surface area contributed by atoms with Gasteiger partial charge in [-0.05, 0) is 33.8 Å². The molecule has 0 radical (unpaired) electrons. The Hall–Kier alpha value is -1.92. The molecule has 0 bridgehead atoms. The summed E-state index contributed by atoms with van der Waals surface area (Å²) in [4.78, 5) is 4.47. The number of aliphatic imine (C=N–C) groups is 1. The SMILES string of the molecule is CC=Nc1c(C)c(C)nn1C(C)c1cc(Cl)c(F)c(C2CNC2)c1OC. The van der Waals surface area contributed by atoms with Gasteiger partial charge in [0.1, 0.15) is 11.6 Å². The lowest BCUT2D eigenvalue weighted by atomic mass is 9.89. The maximum atomic E-state index is 14.7. The first kappa shape index (κ1) is 18.9. The number of hydrogen-bond acceptors (Lipinski definition) is 4. The molecule has 1 unspecified atom stereocenters. The van der Waals surface area contributed by atoms with Crippen LogP contribution in [0.15, 0.2) is 11.1 Å². The monoisotopic (exact) mass is 378 g/mol. The van der Waals surface area contributed by atoms with Crippen LogP contribution in [0, 0.1) is 19.7 Å². The van der Waals surface area contributed by atoms with Crippen molar-refractivity contribution in [1.82, 2.24) is 15.1 Å². The van der Waals surface area contributed by atoms with E-state index in [0.29, 0.717) is 24.4 Å². The van der Waals surface area contributed by atoms with Crippen molar-refractivity contribution in [3.63, 3.8) is 0 Å². The molecule has 140 valence electrons. The van der Waals surface area contributed by atoms with Crippen LogP contribution in [0.2, 0.25) is 5.02 Å². The highest BCUT2D eigenvalue weighted by Crippen LogP contribution is 2.42. The van der Waals surface area contributed by atoms with Gasteiger partial charge in [0.15, 0.2) is 5.82 Å². The fourth-order valence-electron chi connectivity index (χ4n) is 3.34. The van der Waals surface area contributed by atoms with Gasteiger partial charge in [-0.3, -0.25) is 0 Å². The Morgan fingerprint density at radius 3 is 2.69 bits per heavy atom. The second kappa shape index (κ2) is 7.37. The molecule has 1 aliphatic heterocycles. The highest BCUT2D eigenvalue weighted by Gasteiger charge is 2.31. The zero-order valence-corrected chi connectivity index (χ0v) is 16.5. The molecule has 3 rings (SSSR count). The lowest BCUT2D eigenvalue weighted by molar-refractivity contribution is 0.365. The summed E-state index contributed by atoms with van der Waals surface area (Å²) in [6, 6.07) is 1.43. The van der Waals surface area contributed by atoms with Crippen LogP contribution >= 0.6 is 11.6 Å². The Labute approximate surface area is 158 Å². The standard InChI is InChI=1S/C19H24ClFN4O/c1-6-23-19-10(2)11(3)24-25(19)12(4)14-7-15(20)17(21)16(18(14)26-5)13-8-22-9-13/h6-7,12-13,22H,8-9H2,1-5H3. The second-order valence-electron chi connectivity index (χ2n) is 6.61. The molecule has 1 aromatic carbocycles. The van der Waals surface area contributed by atoms with Crippen LogP contribution in [0.5, 0.6) is 5.75 Å². The van der Waals surface area contributed by atoms with Gasteiger partial charge in [-0.2, -0.15) is 5.10 Å². The number of rotatable bonds is 5. The van der Waals surface area contributed by atoms with Gasteiger partial charge in [0.25, 0.3) is 0 Å². The summed E-state index contributed by atoms with van der Waals surface area (Å²) in [6.07, 6.45) is 1.74. The number of aromatic nitrogens is 2. The quantitative estimate of drug-likeness (QED) is 0.788. The van der Waals surface area contributed by atoms with Crippen molar-refractivity contribution in [3.8, 4) is 5.75 Å². The van der Waals surface area contributed by atoms with Crippen LogP contribution in [0.1, 0.15) is 48.2 Å². The Kier molecular flexibility index (Phi) is 5.34. The molecule has 1 saturated heterocycles. The minimum absolute atomic E-state index is 0.0591. The van der Waals surface area contributed by atoms with Crippen LogP contribution in [-0.2, 0) is 0 Å². The normalized spacial score (nSPS) is 16.1. The highest BCUT2D eigenvalue weighted by atomic mass is 35.5. The Balaban J connectivity index is 2.18. The van der Waals surface area contributed by atoms with Crippen molar-refractivity contribution in [1.29, 1.82) is 0 Å². The van der Waals surface area contributed by atoms with Crippen LogP contribution in [-0.4, -0.2) is 36.2 Å². The zero-order chi connectivity index (χ0) is 19.0. The maximum absolute atomic E-state index is 14.7. The van der Waals surface area contributed by atoms with Gasteiger partial charge in [-0.25, -0.2) is 14.1 Å². The molecule has 0 amide bonds. The molecular formula is C19H24ClFN4O. The van der Waals surface area contributed by atoms with Gasteiger partial charge in [0.05, 0.1) is 23.9 Å². The van der Waals surface area contributed by atoms with Gasteiger partial charge in [-0.15, -0.1) is 0 Å². The molecule has 1 atom stereocenters. The number of hydrogen-bond donors (Lipinski definition) is 1. The van der Waals surface area contributed by atoms with Crippen LogP contribution in [0.4, 0.5) is 10.2 Å². The third kappa shape index (κ3) is 3.01. The molecule has 0 saturated carbocycles. The van der Waals surface area contributed by atoms with Crippen LogP contribution in [0.25, 0.3) is 0 Å². The predicted octanol–water partition coefficient (Wildman–Crippen LogP) is 4.32.